The maximum absolute atomic E-state index is 11.5. The fourth-order valence-electron chi connectivity index (χ4n) is 2.02. The molecule has 0 aliphatic heterocycles. The number of carbonyl (C=O) groups is 4. The molecular weight excluding hydrogens is 402 g/mol. The highest BCUT2D eigenvalue weighted by Gasteiger charge is 2.18. The van der Waals surface area contributed by atoms with Gasteiger partial charge in [0.25, 0.3) is 0 Å². The molecule has 0 radical (unpaired) electrons. The number of unbranched alkanes of at least 4 members (excludes halogenated alkanes) is 1. The molecule has 0 bridgehead atoms. The summed E-state index contributed by atoms with van der Waals surface area (Å²) in [6.07, 6.45) is 3.90. The van der Waals surface area contributed by atoms with Crippen molar-refractivity contribution in [2.24, 2.45) is 22.9 Å². The van der Waals surface area contributed by atoms with Crippen LogP contribution in [-0.4, -0.2) is 62.4 Å². The van der Waals surface area contributed by atoms with Crippen molar-refractivity contribution in [2.45, 2.75) is 78.8 Å². The van der Waals surface area contributed by atoms with Gasteiger partial charge in [-0.05, 0) is 52.1 Å². The summed E-state index contributed by atoms with van der Waals surface area (Å²) in [7, 11) is 0. The number of amides is 4. The lowest BCUT2D eigenvalue weighted by Crippen LogP contribution is -2.48. The highest BCUT2D eigenvalue weighted by molar-refractivity contribution is 5.88. The molecular formula is C20H47N7O4. The van der Waals surface area contributed by atoms with E-state index in [9.17, 15) is 19.2 Å². The number of primary amides is 1. The molecule has 31 heavy (non-hydrogen) atoms. The first-order valence-electron chi connectivity index (χ1n) is 11.0. The predicted molar refractivity (Wildman–Crippen MR) is 126 cm³/mol. The van der Waals surface area contributed by atoms with Crippen molar-refractivity contribution < 1.29 is 19.2 Å². The number of carbonyl (C=O) groups excluding carboxylic acids is 4. The highest BCUT2D eigenvalue weighted by Crippen LogP contribution is 1.98. The average Bonchev–Trinajstić information content (AvgIpc) is 2.79. The second-order valence-corrected chi connectivity index (χ2v) is 5.67. The van der Waals surface area contributed by atoms with Crippen molar-refractivity contribution in [3.8, 4) is 0 Å². The molecule has 0 aliphatic rings. The Morgan fingerprint density at radius 1 is 0.871 bits per heavy atom. The number of nitrogens with one attached hydrogen (secondary N) is 3. The lowest BCUT2D eigenvalue weighted by Gasteiger charge is -2.17. The van der Waals surface area contributed by atoms with Gasteiger partial charge in [-0.25, -0.2) is 0 Å². The van der Waals surface area contributed by atoms with E-state index in [0.717, 1.165) is 12.8 Å². The molecule has 0 spiro atoms. The van der Waals surface area contributed by atoms with Gasteiger partial charge in [-0.2, -0.15) is 0 Å². The smallest absolute Gasteiger partial charge is 0.242 e. The van der Waals surface area contributed by atoms with Crippen LogP contribution in [-0.2, 0) is 19.2 Å². The zero-order valence-electron chi connectivity index (χ0n) is 20.0. The number of rotatable bonds is 14. The van der Waals surface area contributed by atoms with Crippen LogP contribution < -0.4 is 38.9 Å². The third kappa shape index (κ3) is 25.7. The summed E-state index contributed by atoms with van der Waals surface area (Å²) < 4.78 is 0. The van der Waals surface area contributed by atoms with Crippen molar-refractivity contribution >= 4 is 24.1 Å². The first-order valence-corrected chi connectivity index (χ1v) is 11.0. The summed E-state index contributed by atoms with van der Waals surface area (Å²) in [5.41, 5.74) is 20.8. The van der Waals surface area contributed by atoms with Crippen LogP contribution in [0.25, 0.3) is 0 Å². The van der Waals surface area contributed by atoms with Gasteiger partial charge in [-0.1, -0.05) is 27.7 Å². The second-order valence-electron chi connectivity index (χ2n) is 5.67. The SMILES string of the molecule is CC.CC.CCNC(=O)C(CCCN)NC(=O)CN.NCCCCC(NC=O)C(N)=O. The molecule has 0 fully saturated rings. The van der Waals surface area contributed by atoms with Gasteiger partial charge in [0.2, 0.25) is 24.1 Å². The van der Waals surface area contributed by atoms with Gasteiger partial charge in [0.15, 0.2) is 0 Å². The number of hydrogen-bond acceptors (Lipinski definition) is 7. The Balaban J connectivity index is -0.000000206. The highest BCUT2D eigenvalue weighted by atomic mass is 16.2. The molecule has 0 heterocycles. The van der Waals surface area contributed by atoms with Crippen LogP contribution in [0, 0.1) is 0 Å². The van der Waals surface area contributed by atoms with E-state index in [1.54, 1.807) is 0 Å². The minimum atomic E-state index is -0.547. The van der Waals surface area contributed by atoms with E-state index >= 15 is 0 Å². The van der Waals surface area contributed by atoms with Crippen LogP contribution in [0.1, 0.15) is 66.7 Å². The Morgan fingerprint density at radius 3 is 1.77 bits per heavy atom. The van der Waals surface area contributed by atoms with Crippen LogP contribution in [0.15, 0.2) is 0 Å². The van der Waals surface area contributed by atoms with Crippen LogP contribution in [0.3, 0.4) is 0 Å². The van der Waals surface area contributed by atoms with Crippen molar-refractivity contribution in [1.29, 1.82) is 0 Å². The standard InChI is InChI=1S/C9H20N4O2.C7H15N3O2.2C2H6/c1-2-12-9(15)7(4-3-5-10)13-8(14)6-11;8-4-2-1-3-6(7(9)12)10-5-11;2*1-2/h7H,2-6,10-11H2,1H3,(H,12,15)(H,13,14);5-6H,1-4,8H2,(H2,9,12)(H,10,11);2*1-2H3. The van der Waals surface area contributed by atoms with Gasteiger partial charge in [0, 0.05) is 6.54 Å². The topological polar surface area (TPSA) is 208 Å². The third-order valence-corrected chi connectivity index (χ3v) is 3.44. The van der Waals surface area contributed by atoms with Crippen LogP contribution in [0.4, 0.5) is 0 Å². The second kappa shape index (κ2) is 30.0. The van der Waals surface area contributed by atoms with Crippen molar-refractivity contribution in [3.63, 3.8) is 0 Å². The number of nitrogens with two attached hydrogens (primary N) is 4. The van der Waals surface area contributed by atoms with Gasteiger partial charge in [0.1, 0.15) is 12.1 Å². The number of hydrogen-bond donors (Lipinski definition) is 7. The fourth-order valence-corrected chi connectivity index (χ4v) is 2.02. The van der Waals surface area contributed by atoms with Crippen LogP contribution >= 0.6 is 0 Å². The molecule has 0 aromatic rings. The van der Waals surface area contributed by atoms with Crippen LogP contribution in [0.5, 0.6) is 0 Å². The maximum Gasteiger partial charge on any atom is 0.242 e. The average molecular weight is 450 g/mol. The van der Waals surface area contributed by atoms with Crippen molar-refractivity contribution in [2.75, 3.05) is 26.2 Å². The zero-order chi connectivity index (χ0) is 25.1. The molecule has 2 unspecified atom stereocenters. The monoisotopic (exact) mass is 449 g/mol. The third-order valence-electron chi connectivity index (χ3n) is 3.44. The van der Waals surface area contributed by atoms with E-state index in [1.807, 2.05) is 34.6 Å². The molecule has 11 nitrogen and oxygen atoms in total. The molecule has 2 atom stereocenters. The first-order chi connectivity index (χ1) is 14.9. The van der Waals surface area contributed by atoms with Gasteiger partial charge in [-0.15, -0.1) is 0 Å². The Kier molecular flexibility index (Phi) is 34.9. The van der Waals surface area contributed by atoms with E-state index in [1.165, 1.54) is 0 Å². The van der Waals surface area contributed by atoms with E-state index in [4.69, 9.17) is 22.9 Å². The summed E-state index contributed by atoms with van der Waals surface area (Å²) >= 11 is 0. The minimum Gasteiger partial charge on any atom is -0.368 e. The summed E-state index contributed by atoms with van der Waals surface area (Å²) in [6, 6.07) is -1.07. The van der Waals surface area contributed by atoms with E-state index in [2.05, 4.69) is 16.0 Å². The summed E-state index contributed by atoms with van der Waals surface area (Å²) in [4.78, 5) is 43.2. The van der Waals surface area contributed by atoms with Crippen molar-refractivity contribution in [1.82, 2.24) is 16.0 Å². The first kappa shape index (κ1) is 36.2. The fraction of sp³-hybridized carbons (Fsp3) is 0.800. The maximum atomic E-state index is 11.5. The Bertz CT molecular complexity index is 438. The number of likely N-dealkylation sites (N-methyl/N-ethyl adjacent to an activating group) is 1. The molecule has 11 heteroatoms. The lowest BCUT2D eigenvalue weighted by atomic mass is 10.1. The molecule has 0 aromatic carbocycles. The Hall–Kier alpha value is -2.24. The largest absolute Gasteiger partial charge is 0.368 e. The summed E-state index contributed by atoms with van der Waals surface area (Å²) in [5, 5.41) is 7.55. The van der Waals surface area contributed by atoms with Crippen molar-refractivity contribution in [3.05, 3.63) is 0 Å². The molecule has 0 saturated carbocycles. The summed E-state index contributed by atoms with van der Waals surface area (Å²) in [6.45, 7) is 11.3. The zero-order valence-corrected chi connectivity index (χ0v) is 20.0. The molecule has 4 amide bonds. The normalized spacial score (nSPS) is 10.8. The van der Waals surface area contributed by atoms with Gasteiger partial charge >= 0.3 is 0 Å². The van der Waals surface area contributed by atoms with E-state index < -0.39 is 18.0 Å². The minimum absolute atomic E-state index is 0.113. The van der Waals surface area contributed by atoms with E-state index in [0.29, 0.717) is 45.3 Å². The van der Waals surface area contributed by atoms with Gasteiger partial charge in [0.05, 0.1) is 6.54 Å². The Labute approximate surface area is 187 Å². The molecule has 186 valence electrons. The predicted octanol–water partition coefficient (Wildman–Crippen LogP) is -0.927. The van der Waals surface area contributed by atoms with Gasteiger partial charge < -0.3 is 38.9 Å². The molecule has 0 saturated heterocycles. The quantitative estimate of drug-likeness (QED) is 0.131. The van der Waals surface area contributed by atoms with E-state index in [-0.39, 0.29) is 18.4 Å². The van der Waals surface area contributed by atoms with Crippen LogP contribution in [0.2, 0.25) is 0 Å². The molecule has 0 aromatic heterocycles. The molecule has 0 aliphatic carbocycles. The Morgan fingerprint density at radius 2 is 1.39 bits per heavy atom. The lowest BCUT2D eigenvalue weighted by molar-refractivity contribution is -0.128. The molecule has 0 rings (SSSR count). The summed E-state index contributed by atoms with van der Waals surface area (Å²) in [5.74, 6) is -1.02. The molecule has 11 N–H and O–H groups in total. The van der Waals surface area contributed by atoms with Gasteiger partial charge in [-0.3, -0.25) is 19.2 Å².